The number of primary amides is 1. The molecular formula is C18H17ClN6O2S. The van der Waals surface area contributed by atoms with Crippen LogP contribution in [0, 0.1) is 6.92 Å². The summed E-state index contributed by atoms with van der Waals surface area (Å²) < 4.78 is 1.83. The lowest BCUT2D eigenvalue weighted by molar-refractivity contribution is -0.119. The molecule has 0 unspecified atom stereocenters. The Balaban J connectivity index is 2.09. The summed E-state index contributed by atoms with van der Waals surface area (Å²) in [6, 6.07) is 8.26. The Morgan fingerprint density at radius 2 is 1.93 bits per heavy atom. The average molecular weight is 417 g/mol. The summed E-state index contributed by atoms with van der Waals surface area (Å²) in [5.41, 5.74) is 7.47. The zero-order valence-corrected chi connectivity index (χ0v) is 16.7. The maximum atomic E-state index is 12.1. The van der Waals surface area contributed by atoms with Crippen LogP contribution in [-0.4, -0.2) is 36.9 Å². The van der Waals surface area contributed by atoms with Gasteiger partial charge < -0.3 is 5.73 Å². The Morgan fingerprint density at radius 3 is 2.61 bits per heavy atom. The van der Waals surface area contributed by atoms with Crippen LogP contribution in [0.2, 0.25) is 5.02 Å². The molecule has 0 saturated heterocycles. The van der Waals surface area contributed by atoms with E-state index in [9.17, 15) is 9.59 Å². The van der Waals surface area contributed by atoms with E-state index in [0.717, 1.165) is 28.6 Å². The quantitative estimate of drug-likeness (QED) is 0.617. The van der Waals surface area contributed by atoms with Crippen molar-refractivity contribution in [1.82, 2.24) is 25.1 Å². The van der Waals surface area contributed by atoms with Crippen LogP contribution in [0.1, 0.15) is 12.5 Å². The number of carbonyl (C=O) groups excluding carboxylic acids is 2. The van der Waals surface area contributed by atoms with Gasteiger partial charge in [-0.25, -0.2) is 4.79 Å². The van der Waals surface area contributed by atoms with Crippen LogP contribution >= 0.6 is 23.4 Å². The lowest BCUT2D eigenvalue weighted by atomic mass is 10.2. The van der Waals surface area contributed by atoms with Crippen molar-refractivity contribution < 1.29 is 9.59 Å². The normalized spacial score (nSPS) is 11.8. The molecule has 0 aliphatic rings. The van der Waals surface area contributed by atoms with Crippen molar-refractivity contribution in [2.75, 3.05) is 0 Å². The molecule has 1 atom stereocenters. The fourth-order valence-corrected chi connectivity index (χ4v) is 3.55. The zero-order valence-electron chi connectivity index (χ0n) is 15.1. The Morgan fingerprint density at radius 1 is 1.21 bits per heavy atom. The number of urea groups is 1. The van der Waals surface area contributed by atoms with Gasteiger partial charge in [-0.15, -0.1) is 10.2 Å². The van der Waals surface area contributed by atoms with Crippen LogP contribution in [0.25, 0.3) is 17.1 Å². The lowest BCUT2D eigenvalue weighted by Gasteiger charge is -2.15. The number of amides is 3. The number of hydrogen-bond donors (Lipinski definition) is 2. The van der Waals surface area contributed by atoms with Crippen LogP contribution in [0.15, 0.2) is 47.9 Å². The Kier molecular flexibility index (Phi) is 5.96. The van der Waals surface area contributed by atoms with Crippen molar-refractivity contribution in [3.63, 3.8) is 0 Å². The summed E-state index contributed by atoms with van der Waals surface area (Å²) in [5.74, 6) is 0.0677. The van der Waals surface area contributed by atoms with E-state index in [2.05, 4.69) is 20.5 Å². The van der Waals surface area contributed by atoms with Crippen LogP contribution in [0.5, 0.6) is 0 Å². The zero-order chi connectivity index (χ0) is 20.3. The van der Waals surface area contributed by atoms with Crippen LogP contribution in [0.3, 0.4) is 0 Å². The molecule has 0 saturated carbocycles. The SMILES string of the molecule is Cc1c(Cl)cccc1-n1c(S[C@@H](C)C(=O)NC(N)=O)nnc1-c1ccncc1. The highest BCUT2D eigenvalue weighted by molar-refractivity contribution is 8.00. The fraction of sp³-hybridized carbons (Fsp3) is 0.167. The second kappa shape index (κ2) is 8.41. The molecule has 10 heteroatoms. The summed E-state index contributed by atoms with van der Waals surface area (Å²) in [7, 11) is 0. The average Bonchev–Trinajstić information content (AvgIpc) is 3.07. The molecule has 2 aromatic heterocycles. The van der Waals surface area contributed by atoms with E-state index in [1.54, 1.807) is 25.4 Å². The highest BCUT2D eigenvalue weighted by atomic mass is 35.5. The van der Waals surface area contributed by atoms with Gasteiger partial charge in [0.05, 0.1) is 10.9 Å². The number of benzene rings is 1. The molecule has 0 aliphatic heterocycles. The van der Waals surface area contributed by atoms with Gasteiger partial charge in [0.15, 0.2) is 11.0 Å². The molecule has 3 rings (SSSR count). The van der Waals surface area contributed by atoms with Gasteiger partial charge in [0.25, 0.3) is 0 Å². The first-order valence-electron chi connectivity index (χ1n) is 8.26. The molecule has 0 bridgehead atoms. The first-order chi connectivity index (χ1) is 13.4. The van der Waals surface area contributed by atoms with E-state index in [0.29, 0.717) is 16.0 Å². The number of rotatable bonds is 5. The predicted molar refractivity (Wildman–Crippen MR) is 107 cm³/mol. The second-order valence-electron chi connectivity index (χ2n) is 5.88. The first kappa shape index (κ1) is 19.8. The second-order valence-corrected chi connectivity index (χ2v) is 7.59. The molecule has 0 fully saturated rings. The van der Waals surface area contributed by atoms with Gasteiger partial charge in [0, 0.05) is 23.0 Å². The molecule has 144 valence electrons. The van der Waals surface area contributed by atoms with Gasteiger partial charge in [0.1, 0.15) is 0 Å². The highest BCUT2D eigenvalue weighted by Crippen LogP contribution is 2.32. The van der Waals surface area contributed by atoms with Gasteiger partial charge in [-0.05, 0) is 43.7 Å². The summed E-state index contributed by atoms with van der Waals surface area (Å²) in [5, 5.41) is 11.1. The fourth-order valence-electron chi connectivity index (χ4n) is 2.52. The minimum absolute atomic E-state index is 0.476. The molecule has 8 nitrogen and oxygen atoms in total. The molecule has 0 radical (unpaired) electrons. The maximum absolute atomic E-state index is 12.1. The summed E-state index contributed by atoms with van der Waals surface area (Å²) >= 11 is 7.46. The molecule has 2 heterocycles. The third kappa shape index (κ3) is 4.15. The number of aromatic nitrogens is 4. The van der Waals surface area contributed by atoms with Crippen molar-refractivity contribution in [3.8, 4) is 17.1 Å². The largest absolute Gasteiger partial charge is 0.351 e. The van der Waals surface area contributed by atoms with E-state index in [1.807, 2.05) is 35.8 Å². The number of halogens is 1. The molecular weight excluding hydrogens is 400 g/mol. The van der Waals surface area contributed by atoms with Gasteiger partial charge in [-0.1, -0.05) is 29.4 Å². The summed E-state index contributed by atoms with van der Waals surface area (Å²) in [4.78, 5) is 27.1. The molecule has 3 aromatic rings. The molecule has 3 N–H and O–H groups in total. The van der Waals surface area contributed by atoms with Crippen molar-refractivity contribution >= 4 is 35.3 Å². The van der Waals surface area contributed by atoms with Gasteiger partial charge in [0.2, 0.25) is 5.91 Å². The van der Waals surface area contributed by atoms with Crippen molar-refractivity contribution in [1.29, 1.82) is 0 Å². The Bertz CT molecular complexity index is 1020. The molecule has 28 heavy (non-hydrogen) atoms. The number of hydrogen-bond acceptors (Lipinski definition) is 6. The van der Waals surface area contributed by atoms with Gasteiger partial charge in [-0.2, -0.15) is 0 Å². The first-order valence-corrected chi connectivity index (χ1v) is 9.52. The monoisotopic (exact) mass is 416 g/mol. The van der Waals surface area contributed by atoms with Crippen LogP contribution in [0.4, 0.5) is 4.79 Å². The van der Waals surface area contributed by atoms with Crippen molar-refractivity contribution in [2.24, 2.45) is 5.73 Å². The highest BCUT2D eigenvalue weighted by Gasteiger charge is 2.23. The minimum atomic E-state index is -0.901. The molecule has 3 amide bonds. The van der Waals surface area contributed by atoms with Crippen molar-refractivity contribution in [3.05, 3.63) is 53.3 Å². The number of carbonyl (C=O) groups is 2. The Hall–Kier alpha value is -2.91. The maximum Gasteiger partial charge on any atom is 0.318 e. The number of nitrogens with one attached hydrogen (secondary N) is 1. The number of nitrogens with zero attached hydrogens (tertiary/aromatic N) is 4. The van der Waals surface area contributed by atoms with E-state index in [1.165, 1.54) is 0 Å². The third-order valence-electron chi connectivity index (χ3n) is 3.95. The predicted octanol–water partition coefficient (Wildman–Crippen LogP) is 2.97. The Labute approximate surface area is 170 Å². The number of imide groups is 1. The van der Waals surface area contributed by atoms with E-state index in [4.69, 9.17) is 17.3 Å². The number of thioether (sulfide) groups is 1. The standard InChI is InChI=1S/C18H17ClN6O2S/c1-10-13(19)4-3-5-14(10)25-15(12-6-8-21-9-7-12)23-24-18(25)28-11(2)16(26)22-17(20)27/h3-9,11H,1-2H3,(H3,20,22,26,27)/t11-/m0/s1. The number of pyridine rings is 1. The van der Waals surface area contributed by atoms with Crippen LogP contribution < -0.4 is 11.1 Å². The lowest BCUT2D eigenvalue weighted by Crippen LogP contribution is -2.39. The van der Waals surface area contributed by atoms with E-state index in [-0.39, 0.29) is 0 Å². The topological polar surface area (TPSA) is 116 Å². The summed E-state index contributed by atoms with van der Waals surface area (Å²) in [6.07, 6.45) is 3.32. The molecule has 0 aliphatic carbocycles. The third-order valence-corrected chi connectivity index (χ3v) is 5.40. The van der Waals surface area contributed by atoms with E-state index < -0.39 is 17.2 Å². The van der Waals surface area contributed by atoms with Crippen molar-refractivity contribution in [2.45, 2.75) is 24.3 Å². The van der Waals surface area contributed by atoms with Gasteiger partial charge >= 0.3 is 6.03 Å². The van der Waals surface area contributed by atoms with Gasteiger partial charge in [-0.3, -0.25) is 19.7 Å². The van der Waals surface area contributed by atoms with Crippen LogP contribution in [-0.2, 0) is 4.79 Å². The number of nitrogens with two attached hydrogens (primary N) is 1. The molecule has 1 aromatic carbocycles. The minimum Gasteiger partial charge on any atom is -0.351 e. The summed E-state index contributed by atoms with van der Waals surface area (Å²) in [6.45, 7) is 3.55. The van der Waals surface area contributed by atoms with E-state index >= 15 is 0 Å². The smallest absolute Gasteiger partial charge is 0.318 e. The molecule has 0 spiro atoms.